The Morgan fingerprint density at radius 3 is 2.58 bits per heavy atom. The van der Waals surface area contributed by atoms with E-state index in [0.717, 1.165) is 5.56 Å². The van der Waals surface area contributed by atoms with Gasteiger partial charge in [-0.2, -0.15) is 4.98 Å². The number of ether oxygens (including phenoxy) is 2. The SMILES string of the molecule is COc1cc(Cc2cnc(N)nc2N)cc(C#Cc2ccc3c(=O)c(C(=O)O)cn(C)c3c2)c1OC. The molecule has 182 valence electrons. The molecule has 0 aliphatic carbocycles. The molecule has 0 atom stereocenters. The summed E-state index contributed by atoms with van der Waals surface area (Å²) in [4.78, 5) is 31.9. The number of aryl methyl sites for hydroxylation is 1. The normalized spacial score (nSPS) is 10.5. The second-order valence-electron chi connectivity index (χ2n) is 7.96. The molecule has 0 unspecified atom stereocenters. The van der Waals surface area contributed by atoms with Gasteiger partial charge in [0.25, 0.3) is 0 Å². The fourth-order valence-electron chi connectivity index (χ4n) is 3.86. The van der Waals surface area contributed by atoms with E-state index in [0.29, 0.717) is 45.5 Å². The Hall–Kier alpha value is -5.04. The van der Waals surface area contributed by atoms with Crippen molar-refractivity contribution in [2.24, 2.45) is 7.05 Å². The maximum Gasteiger partial charge on any atom is 0.341 e. The highest BCUT2D eigenvalue weighted by atomic mass is 16.5. The fourth-order valence-corrected chi connectivity index (χ4v) is 3.86. The lowest BCUT2D eigenvalue weighted by molar-refractivity contribution is 0.0695. The molecule has 0 spiro atoms. The second kappa shape index (κ2) is 9.68. The van der Waals surface area contributed by atoms with Gasteiger partial charge in [0.1, 0.15) is 11.4 Å². The monoisotopic (exact) mass is 485 g/mol. The number of rotatable bonds is 5. The number of benzene rings is 2. The van der Waals surface area contributed by atoms with Crippen LogP contribution in [0.4, 0.5) is 11.8 Å². The number of hydrogen-bond acceptors (Lipinski definition) is 8. The highest BCUT2D eigenvalue weighted by molar-refractivity contribution is 5.92. The van der Waals surface area contributed by atoms with E-state index in [9.17, 15) is 14.7 Å². The van der Waals surface area contributed by atoms with Crippen LogP contribution < -0.4 is 26.4 Å². The molecule has 2 heterocycles. The summed E-state index contributed by atoms with van der Waals surface area (Å²) in [5, 5.41) is 9.57. The van der Waals surface area contributed by atoms with Crippen molar-refractivity contribution in [1.82, 2.24) is 14.5 Å². The van der Waals surface area contributed by atoms with Crippen molar-refractivity contribution in [3.05, 3.63) is 80.8 Å². The number of aromatic nitrogens is 3. The number of carbonyl (C=O) groups is 1. The van der Waals surface area contributed by atoms with Gasteiger partial charge in [-0.1, -0.05) is 11.8 Å². The molecule has 0 aliphatic heterocycles. The van der Waals surface area contributed by atoms with Crippen molar-refractivity contribution < 1.29 is 19.4 Å². The minimum Gasteiger partial charge on any atom is -0.493 e. The first-order valence-corrected chi connectivity index (χ1v) is 10.7. The first-order chi connectivity index (χ1) is 17.2. The Morgan fingerprint density at radius 2 is 1.92 bits per heavy atom. The van der Waals surface area contributed by atoms with Crippen LogP contribution in [0.2, 0.25) is 0 Å². The first kappa shape index (κ1) is 24.1. The molecule has 36 heavy (non-hydrogen) atoms. The molecule has 10 heteroatoms. The summed E-state index contributed by atoms with van der Waals surface area (Å²) >= 11 is 0. The predicted molar refractivity (Wildman–Crippen MR) is 135 cm³/mol. The van der Waals surface area contributed by atoms with Crippen LogP contribution in [0.5, 0.6) is 11.5 Å². The van der Waals surface area contributed by atoms with Crippen LogP contribution in [0.1, 0.15) is 32.6 Å². The zero-order valence-electron chi connectivity index (χ0n) is 19.8. The summed E-state index contributed by atoms with van der Waals surface area (Å²) in [6, 6.07) is 8.66. The summed E-state index contributed by atoms with van der Waals surface area (Å²) in [5.41, 5.74) is 14.1. The number of nitrogens with two attached hydrogens (primary N) is 2. The minimum absolute atomic E-state index is 0.0992. The van der Waals surface area contributed by atoms with Crippen LogP contribution in [0.25, 0.3) is 10.9 Å². The lowest BCUT2D eigenvalue weighted by Gasteiger charge is -2.13. The molecule has 10 nitrogen and oxygen atoms in total. The van der Waals surface area contributed by atoms with Crippen molar-refractivity contribution >= 4 is 28.6 Å². The summed E-state index contributed by atoms with van der Waals surface area (Å²) in [5.74, 6) is 6.29. The Bertz CT molecular complexity index is 1630. The fraction of sp³-hybridized carbons (Fsp3) is 0.154. The molecule has 2 aromatic heterocycles. The van der Waals surface area contributed by atoms with Gasteiger partial charge in [0.05, 0.1) is 25.3 Å². The van der Waals surface area contributed by atoms with Crippen LogP contribution in [0, 0.1) is 11.8 Å². The quantitative estimate of drug-likeness (QED) is 0.361. The molecule has 0 bridgehead atoms. The van der Waals surface area contributed by atoms with Gasteiger partial charge in [-0.15, -0.1) is 0 Å². The number of anilines is 2. The van der Waals surface area contributed by atoms with Crippen LogP contribution >= 0.6 is 0 Å². The molecule has 2 aromatic carbocycles. The molecular formula is C26H23N5O5. The molecule has 5 N–H and O–H groups in total. The van der Waals surface area contributed by atoms with Gasteiger partial charge >= 0.3 is 5.97 Å². The van der Waals surface area contributed by atoms with E-state index in [1.54, 1.807) is 36.0 Å². The van der Waals surface area contributed by atoms with Crippen molar-refractivity contribution in [3.63, 3.8) is 0 Å². The Balaban J connectivity index is 1.77. The smallest absolute Gasteiger partial charge is 0.341 e. The molecule has 0 radical (unpaired) electrons. The van der Waals surface area contributed by atoms with Gasteiger partial charge in [-0.3, -0.25) is 4.79 Å². The van der Waals surface area contributed by atoms with Gasteiger partial charge in [-0.05, 0) is 35.9 Å². The number of fused-ring (bicyclic) bond motifs is 1. The van der Waals surface area contributed by atoms with Gasteiger partial charge < -0.3 is 30.6 Å². The standard InChI is InChI=1S/C26H23N5O5/c1-31-13-19(25(33)34)22(32)18-7-5-14(10-20(18)31)4-6-16-8-15(11-21(35-2)23(16)36-3)9-17-12-29-26(28)30-24(17)27/h5,7-8,10-13H,9H2,1-3H3,(H,33,34)(H4,27,28,29,30). The van der Waals surface area contributed by atoms with Gasteiger partial charge in [0.15, 0.2) is 11.5 Å². The van der Waals surface area contributed by atoms with Crippen molar-refractivity contribution in [3.8, 4) is 23.3 Å². The van der Waals surface area contributed by atoms with Crippen LogP contribution in [-0.2, 0) is 13.5 Å². The highest BCUT2D eigenvalue weighted by Crippen LogP contribution is 2.33. The first-order valence-electron chi connectivity index (χ1n) is 10.7. The summed E-state index contributed by atoms with van der Waals surface area (Å²) < 4.78 is 12.7. The molecule has 0 amide bonds. The minimum atomic E-state index is -1.27. The average Bonchev–Trinajstić information content (AvgIpc) is 2.85. The lowest BCUT2D eigenvalue weighted by atomic mass is 10.0. The maximum atomic E-state index is 12.5. The number of nitrogens with zero attached hydrogens (tertiary/aromatic N) is 3. The van der Waals surface area contributed by atoms with E-state index < -0.39 is 11.4 Å². The van der Waals surface area contributed by atoms with Gasteiger partial charge in [-0.25, -0.2) is 9.78 Å². The van der Waals surface area contributed by atoms with Gasteiger partial charge in [0.2, 0.25) is 11.4 Å². The molecule has 0 saturated heterocycles. The van der Waals surface area contributed by atoms with Gasteiger partial charge in [0, 0.05) is 42.4 Å². The molecule has 0 aliphatic rings. The molecular weight excluding hydrogens is 462 g/mol. The Labute approximate surface area is 206 Å². The van der Waals surface area contributed by atoms with E-state index in [1.807, 2.05) is 12.1 Å². The third kappa shape index (κ3) is 4.63. The molecule has 4 rings (SSSR count). The van der Waals surface area contributed by atoms with Crippen LogP contribution in [-0.4, -0.2) is 39.8 Å². The van der Waals surface area contributed by atoms with E-state index in [2.05, 4.69) is 21.8 Å². The zero-order valence-corrected chi connectivity index (χ0v) is 19.8. The van der Waals surface area contributed by atoms with Crippen molar-refractivity contribution in [2.75, 3.05) is 25.7 Å². The number of nitrogen functional groups attached to an aromatic ring is 2. The Kier molecular flexibility index (Phi) is 6.48. The summed E-state index contributed by atoms with van der Waals surface area (Å²) in [6.07, 6.45) is 3.30. The number of carboxylic acids is 1. The summed E-state index contributed by atoms with van der Waals surface area (Å²) in [7, 11) is 4.74. The van der Waals surface area contributed by atoms with Crippen molar-refractivity contribution in [2.45, 2.75) is 6.42 Å². The maximum absolute atomic E-state index is 12.5. The average molecular weight is 486 g/mol. The third-order valence-electron chi connectivity index (χ3n) is 5.61. The highest BCUT2D eigenvalue weighted by Gasteiger charge is 2.15. The van der Waals surface area contributed by atoms with Crippen LogP contribution in [0.15, 0.2) is 47.5 Å². The van der Waals surface area contributed by atoms with Crippen LogP contribution in [0.3, 0.4) is 0 Å². The Morgan fingerprint density at radius 1 is 1.14 bits per heavy atom. The van der Waals surface area contributed by atoms with E-state index in [4.69, 9.17) is 20.9 Å². The number of aromatic carboxylic acids is 1. The van der Waals surface area contributed by atoms with E-state index in [1.165, 1.54) is 20.4 Å². The number of hydrogen-bond donors (Lipinski definition) is 3. The number of methoxy groups -OCH3 is 2. The predicted octanol–water partition coefficient (Wildman–Crippen LogP) is 2.20. The molecule has 0 fully saturated rings. The largest absolute Gasteiger partial charge is 0.493 e. The van der Waals surface area contributed by atoms with E-state index >= 15 is 0 Å². The summed E-state index contributed by atoms with van der Waals surface area (Å²) in [6.45, 7) is 0. The molecule has 4 aromatic rings. The van der Waals surface area contributed by atoms with Crippen molar-refractivity contribution in [1.29, 1.82) is 0 Å². The number of carboxylic acid groups (broad SMARTS) is 1. The number of pyridine rings is 1. The van der Waals surface area contributed by atoms with E-state index in [-0.39, 0.29) is 17.3 Å². The topological polar surface area (TPSA) is 156 Å². The molecule has 0 saturated carbocycles. The zero-order chi connectivity index (χ0) is 26.0. The third-order valence-corrected chi connectivity index (χ3v) is 5.61. The second-order valence-corrected chi connectivity index (χ2v) is 7.96. The lowest BCUT2D eigenvalue weighted by Crippen LogP contribution is -2.17.